The summed E-state index contributed by atoms with van der Waals surface area (Å²) in [6, 6.07) is 79.5. The van der Waals surface area contributed by atoms with Crippen LogP contribution in [0.5, 0.6) is 0 Å². The minimum Gasteiger partial charge on any atom is -0.310 e. The molecule has 0 aliphatic carbocycles. The largest absolute Gasteiger partial charge is 0.310 e. The van der Waals surface area contributed by atoms with Crippen molar-refractivity contribution in [3.63, 3.8) is 0 Å². The van der Waals surface area contributed by atoms with Crippen LogP contribution in [0.1, 0.15) is 0 Å². The predicted molar refractivity (Wildman–Crippen MR) is 245 cm³/mol. The van der Waals surface area contributed by atoms with E-state index >= 15 is 0 Å². The van der Waals surface area contributed by atoms with Gasteiger partial charge in [-0.3, -0.25) is 0 Å². The van der Waals surface area contributed by atoms with Crippen LogP contribution in [0.4, 0.5) is 17.1 Å². The van der Waals surface area contributed by atoms with Crippen LogP contribution in [0.25, 0.3) is 81.0 Å². The van der Waals surface area contributed by atoms with Gasteiger partial charge in [-0.1, -0.05) is 152 Å². The Hall–Kier alpha value is -7.20. The van der Waals surface area contributed by atoms with Crippen LogP contribution in [0.3, 0.4) is 0 Å². The van der Waals surface area contributed by atoms with Gasteiger partial charge in [-0.2, -0.15) is 0 Å². The van der Waals surface area contributed by atoms with Crippen LogP contribution >= 0.6 is 11.3 Å². The average molecular weight is 745 g/mol. The molecule has 0 spiro atoms. The van der Waals surface area contributed by atoms with Gasteiger partial charge in [0.1, 0.15) is 0 Å². The van der Waals surface area contributed by atoms with Crippen molar-refractivity contribution in [2.75, 3.05) is 4.90 Å². The van der Waals surface area contributed by atoms with Gasteiger partial charge in [-0.15, -0.1) is 11.3 Å². The number of aromatic nitrogens is 1. The van der Waals surface area contributed by atoms with Crippen LogP contribution < -0.4 is 4.90 Å². The van der Waals surface area contributed by atoms with Crippen molar-refractivity contribution in [2.24, 2.45) is 0 Å². The summed E-state index contributed by atoms with van der Waals surface area (Å²) in [5.41, 5.74) is 14.0. The zero-order valence-electron chi connectivity index (χ0n) is 31.1. The lowest BCUT2D eigenvalue weighted by molar-refractivity contribution is 1.18. The summed E-state index contributed by atoms with van der Waals surface area (Å²) in [5.74, 6) is 0. The predicted octanol–water partition coefficient (Wildman–Crippen LogP) is 15.6. The van der Waals surface area contributed by atoms with Crippen LogP contribution in [0, 0.1) is 0 Å². The second-order valence-corrected chi connectivity index (χ2v) is 15.6. The summed E-state index contributed by atoms with van der Waals surface area (Å²) in [5, 5.41) is 5.08. The molecule has 2 heterocycles. The van der Waals surface area contributed by atoms with Crippen LogP contribution in [-0.4, -0.2) is 4.57 Å². The van der Waals surface area contributed by atoms with Gasteiger partial charge in [0.2, 0.25) is 0 Å². The van der Waals surface area contributed by atoms with Crippen LogP contribution in [-0.2, 0) is 0 Å². The number of hydrogen-bond donors (Lipinski definition) is 0. The number of hydrogen-bond acceptors (Lipinski definition) is 2. The maximum absolute atomic E-state index is 2.43. The molecule has 0 atom stereocenters. The minimum absolute atomic E-state index is 1.09. The van der Waals surface area contributed by atoms with Crippen molar-refractivity contribution in [3.05, 3.63) is 218 Å². The van der Waals surface area contributed by atoms with E-state index in [2.05, 4.69) is 228 Å². The number of anilines is 3. The van der Waals surface area contributed by atoms with E-state index < -0.39 is 0 Å². The Morgan fingerprint density at radius 3 is 1.68 bits per heavy atom. The second-order valence-electron chi connectivity index (χ2n) is 14.6. The average Bonchev–Trinajstić information content (AvgIpc) is 3.83. The number of thiophene rings is 1. The molecule has 2 nitrogen and oxygen atoms in total. The van der Waals surface area contributed by atoms with Crippen LogP contribution in [0.15, 0.2) is 218 Å². The van der Waals surface area contributed by atoms with Crippen molar-refractivity contribution in [1.29, 1.82) is 0 Å². The van der Waals surface area contributed by atoms with Crippen molar-refractivity contribution in [3.8, 4) is 39.1 Å². The third-order valence-electron chi connectivity index (χ3n) is 11.2. The van der Waals surface area contributed by atoms with Gasteiger partial charge >= 0.3 is 0 Å². The summed E-state index contributed by atoms with van der Waals surface area (Å²) < 4.78 is 5.02. The smallest absolute Gasteiger partial charge is 0.0561 e. The number of nitrogens with zero attached hydrogens (tertiary/aromatic N) is 2. The molecule has 0 amide bonds. The van der Waals surface area contributed by atoms with Gasteiger partial charge in [-0.05, 0) is 100 Å². The van der Waals surface area contributed by atoms with Crippen molar-refractivity contribution >= 4 is 70.4 Å². The Labute approximate surface area is 335 Å². The Kier molecular flexibility index (Phi) is 8.04. The third kappa shape index (κ3) is 5.80. The molecule has 0 N–H and O–H groups in total. The zero-order valence-corrected chi connectivity index (χ0v) is 31.9. The van der Waals surface area contributed by atoms with Crippen molar-refractivity contribution in [2.45, 2.75) is 0 Å². The highest BCUT2D eigenvalue weighted by Gasteiger charge is 2.20. The number of rotatable bonds is 7. The highest BCUT2D eigenvalue weighted by molar-refractivity contribution is 7.26. The van der Waals surface area contributed by atoms with E-state index in [4.69, 9.17) is 0 Å². The topological polar surface area (TPSA) is 8.17 Å². The summed E-state index contributed by atoms with van der Waals surface area (Å²) in [7, 11) is 0. The van der Waals surface area contributed by atoms with E-state index in [0.717, 1.165) is 22.7 Å². The molecule has 2 aromatic heterocycles. The molecule has 0 unspecified atom stereocenters. The van der Waals surface area contributed by atoms with Gasteiger partial charge < -0.3 is 9.47 Å². The molecule has 11 aromatic rings. The fraction of sp³-hybridized carbons (Fsp3) is 0. The molecule has 0 saturated heterocycles. The molecule has 268 valence electrons. The quantitative estimate of drug-likeness (QED) is 0.158. The monoisotopic (exact) mass is 744 g/mol. The lowest BCUT2D eigenvalue weighted by atomic mass is 9.96. The molecule has 0 saturated carbocycles. The van der Waals surface area contributed by atoms with E-state index in [1.165, 1.54) is 75.4 Å². The highest BCUT2D eigenvalue weighted by Crippen LogP contribution is 2.45. The van der Waals surface area contributed by atoms with Gasteiger partial charge in [0, 0.05) is 53.7 Å². The molecule has 11 rings (SSSR count). The standard InChI is InChI=1S/C54H36N2S/c1-4-15-37(16-5-1)39-27-29-43(30-28-39)55(44-31-32-48-47-21-10-12-25-51(47)56(52(48)36-44)42-19-8-3-9-20-42)45-34-40(38-17-6-2-7-18-38)33-41(35-45)46-23-14-24-50-49-22-11-13-26-53(49)57-54(46)50/h1-36H. The van der Waals surface area contributed by atoms with E-state index in [1.54, 1.807) is 0 Å². The molecular weight excluding hydrogens is 709 g/mol. The number of para-hydroxylation sites is 2. The van der Waals surface area contributed by atoms with E-state index in [0.29, 0.717) is 0 Å². The molecule has 3 heteroatoms. The minimum atomic E-state index is 1.09. The fourth-order valence-corrected chi connectivity index (χ4v) is 9.74. The fourth-order valence-electron chi connectivity index (χ4n) is 8.50. The second kappa shape index (κ2) is 13.8. The summed E-state index contributed by atoms with van der Waals surface area (Å²) in [6.07, 6.45) is 0. The lowest BCUT2D eigenvalue weighted by Gasteiger charge is -2.27. The summed E-state index contributed by atoms with van der Waals surface area (Å²) in [4.78, 5) is 2.43. The summed E-state index contributed by atoms with van der Waals surface area (Å²) in [6.45, 7) is 0. The van der Waals surface area contributed by atoms with Crippen molar-refractivity contribution in [1.82, 2.24) is 4.57 Å². The van der Waals surface area contributed by atoms with Crippen LogP contribution in [0.2, 0.25) is 0 Å². The Balaban J connectivity index is 1.17. The SMILES string of the molecule is c1ccc(-c2ccc(N(c3cc(-c4ccccc4)cc(-c4cccc5c4sc4ccccc45)c3)c3ccc4c5ccccc5n(-c5ccccc5)c4c3)cc2)cc1. The maximum atomic E-state index is 2.43. The Bertz CT molecular complexity index is 3220. The first kappa shape index (κ1) is 33.2. The first-order valence-electron chi connectivity index (χ1n) is 19.4. The van der Waals surface area contributed by atoms with E-state index in [-0.39, 0.29) is 0 Å². The highest BCUT2D eigenvalue weighted by atomic mass is 32.1. The van der Waals surface area contributed by atoms with Crippen molar-refractivity contribution < 1.29 is 0 Å². The maximum Gasteiger partial charge on any atom is 0.0561 e. The van der Waals surface area contributed by atoms with Gasteiger partial charge in [0.05, 0.1) is 11.0 Å². The summed E-state index contributed by atoms with van der Waals surface area (Å²) >= 11 is 1.88. The van der Waals surface area contributed by atoms with Gasteiger partial charge in [-0.25, -0.2) is 0 Å². The Morgan fingerprint density at radius 1 is 0.333 bits per heavy atom. The van der Waals surface area contributed by atoms with Gasteiger partial charge in [0.15, 0.2) is 0 Å². The Morgan fingerprint density at radius 2 is 0.912 bits per heavy atom. The lowest BCUT2D eigenvalue weighted by Crippen LogP contribution is -2.10. The zero-order chi connectivity index (χ0) is 37.7. The molecule has 0 fully saturated rings. The van der Waals surface area contributed by atoms with E-state index in [1.807, 2.05) is 11.3 Å². The normalized spacial score (nSPS) is 11.5. The number of benzene rings is 9. The number of fused-ring (bicyclic) bond motifs is 6. The molecule has 0 aliphatic rings. The molecule has 0 radical (unpaired) electrons. The van der Waals surface area contributed by atoms with Gasteiger partial charge in [0.25, 0.3) is 0 Å². The molecule has 0 aliphatic heterocycles. The molecule has 0 bridgehead atoms. The molecular formula is C54H36N2S. The third-order valence-corrected chi connectivity index (χ3v) is 12.4. The van der Waals surface area contributed by atoms with E-state index in [9.17, 15) is 0 Å². The molecule has 57 heavy (non-hydrogen) atoms. The molecule has 9 aromatic carbocycles. The first-order chi connectivity index (χ1) is 28.3. The first-order valence-corrected chi connectivity index (χ1v) is 20.2.